The summed E-state index contributed by atoms with van der Waals surface area (Å²) in [5.74, 6) is -0.127. The van der Waals surface area contributed by atoms with Crippen molar-refractivity contribution in [1.82, 2.24) is 4.90 Å². The second kappa shape index (κ2) is 4.95. The van der Waals surface area contributed by atoms with Crippen molar-refractivity contribution in [2.45, 2.75) is 18.8 Å². The smallest absolute Gasteiger partial charge is 0.229 e. The maximum Gasteiger partial charge on any atom is 0.229 e. The average Bonchev–Trinajstić information content (AvgIpc) is 2.68. The third-order valence-corrected chi connectivity index (χ3v) is 3.05. The van der Waals surface area contributed by atoms with Crippen molar-refractivity contribution < 1.29 is 9.59 Å². The van der Waals surface area contributed by atoms with E-state index in [4.69, 9.17) is 0 Å². The predicted octanol–water partition coefficient (Wildman–Crippen LogP) is 2.11. The molecule has 0 radical (unpaired) electrons. The van der Waals surface area contributed by atoms with Gasteiger partial charge in [0.25, 0.3) is 0 Å². The van der Waals surface area contributed by atoms with E-state index >= 15 is 0 Å². The van der Waals surface area contributed by atoms with Gasteiger partial charge in [-0.2, -0.15) is 0 Å². The van der Waals surface area contributed by atoms with Crippen molar-refractivity contribution >= 4 is 11.8 Å². The van der Waals surface area contributed by atoms with Gasteiger partial charge in [0.2, 0.25) is 11.8 Å². The molecule has 1 fully saturated rings. The van der Waals surface area contributed by atoms with Crippen LogP contribution < -0.4 is 0 Å². The van der Waals surface area contributed by atoms with Gasteiger partial charge in [-0.3, -0.25) is 14.5 Å². The molecule has 1 aromatic carbocycles. The molecule has 0 aliphatic carbocycles. The fourth-order valence-corrected chi connectivity index (χ4v) is 2.04. The van der Waals surface area contributed by atoms with Crippen molar-refractivity contribution in [3.63, 3.8) is 0 Å². The van der Waals surface area contributed by atoms with Gasteiger partial charge in [-0.25, -0.2) is 0 Å². The summed E-state index contributed by atoms with van der Waals surface area (Å²) in [6.07, 6.45) is 2.48. The second-order valence-electron chi connectivity index (χ2n) is 4.15. The SMILES string of the molecule is C=CC(CN1C(=O)CCC1=O)c1ccccc1. The summed E-state index contributed by atoms with van der Waals surface area (Å²) in [4.78, 5) is 24.4. The molecule has 3 nitrogen and oxygen atoms in total. The Morgan fingerprint density at radius 2 is 1.76 bits per heavy atom. The lowest BCUT2D eigenvalue weighted by molar-refractivity contribution is -0.138. The lowest BCUT2D eigenvalue weighted by Crippen LogP contribution is -2.32. The van der Waals surface area contributed by atoms with Crippen LogP contribution in [0, 0.1) is 0 Å². The molecular formula is C14H15NO2. The number of rotatable bonds is 4. The Labute approximate surface area is 101 Å². The van der Waals surface area contributed by atoms with Crippen molar-refractivity contribution in [3.8, 4) is 0 Å². The summed E-state index contributed by atoms with van der Waals surface area (Å²) < 4.78 is 0. The summed E-state index contributed by atoms with van der Waals surface area (Å²) in [6, 6.07) is 9.80. The predicted molar refractivity (Wildman–Crippen MR) is 65.3 cm³/mol. The Morgan fingerprint density at radius 1 is 1.18 bits per heavy atom. The third-order valence-electron chi connectivity index (χ3n) is 3.05. The van der Waals surface area contributed by atoms with Gasteiger partial charge < -0.3 is 0 Å². The largest absolute Gasteiger partial charge is 0.282 e. The Hall–Kier alpha value is -1.90. The van der Waals surface area contributed by atoms with Gasteiger partial charge in [0.1, 0.15) is 0 Å². The van der Waals surface area contributed by atoms with Gasteiger partial charge in [0.05, 0.1) is 0 Å². The van der Waals surface area contributed by atoms with Crippen LogP contribution in [0.15, 0.2) is 43.0 Å². The van der Waals surface area contributed by atoms with Crippen LogP contribution in [0.5, 0.6) is 0 Å². The molecule has 0 N–H and O–H groups in total. The first-order chi connectivity index (χ1) is 8.22. The number of carbonyl (C=O) groups excluding carboxylic acids is 2. The van der Waals surface area contributed by atoms with E-state index in [0.717, 1.165) is 5.56 Å². The Morgan fingerprint density at radius 3 is 2.29 bits per heavy atom. The van der Waals surface area contributed by atoms with Gasteiger partial charge in [-0.15, -0.1) is 6.58 Å². The van der Waals surface area contributed by atoms with E-state index in [2.05, 4.69) is 6.58 Å². The maximum absolute atomic E-state index is 11.5. The van der Waals surface area contributed by atoms with E-state index in [1.165, 1.54) is 4.90 Å². The number of hydrogen-bond acceptors (Lipinski definition) is 2. The van der Waals surface area contributed by atoms with Crippen LogP contribution in [0.25, 0.3) is 0 Å². The number of hydrogen-bond donors (Lipinski definition) is 0. The monoisotopic (exact) mass is 229 g/mol. The molecule has 1 aromatic rings. The minimum absolute atomic E-state index is 0.0159. The Kier molecular flexibility index (Phi) is 3.38. The lowest BCUT2D eigenvalue weighted by atomic mass is 9.99. The van der Waals surface area contributed by atoms with Gasteiger partial charge >= 0.3 is 0 Å². The molecule has 2 amide bonds. The highest BCUT2D eigenvalue weighted by Crippen LogP contribution is 2.21. The topological polar surface area (TPSA) is 37.4 Å². The number of carbonyl (C=O) groups is 2. The van der Waals surface area contributed by atoms with Crippen LogP contribution in [0.2, 0.25) is 0 Å². The van der Waals surface area contributed by atoms with Crippen molar-refractivity contribution in [3.05, 3.63) is 48.6 Å². The van der Waals surface area contributed by atoms with Crippen molar-refractivity contribution in [2.24, 2.45) is 0 Å². The first-order valence-corrected chi connectivity index (χ1v) is 5.73. The van der Waals surface area contributed by atoms with Crippen molar-refractivity contribution in [1.29, 1.82) is 0 Å². The second-order valence-corrected chi connectivity index (χ2v) is 4.15. The molecule has 3 heteroatoms. The summed E-state index contributed by atoms with van der Waals surface area (Å²) in [6.45, 7) is 4.19. The fraction of sp³-hybridized carbons (Fsp3) is 0.286. The van der Waals surface area contributed by atoms with Crippen LogP contribution >= 0.6 is 0 Å². The third kappa shape index (κ3) is 2.44. The molecule has 1 heterocycles. The highest BCUT2D eigenvalue weighted by Gasteiger charge is 2.30. The summed E-state index contributed by atoms with van der Waals surface area (Å²) in [5.41, 5.74) is 1.08. The number of nitrogens with zero attached hydrogens (tertiary/aromatic N) is 1. The van der Waals surface area contributed by atoms with Gasteiger partial charge in [0.15, 0.2) is 0 Å². The molecule has 88 valence electrons. The molecule has 1 atom stereocenters. The minimum Gasteiger partial charge on any atom is -0.282 e. The van der Waals surface area contributed by atoms with E-state index in [-0.39, 0.29) is 17.7 Å². The van der Waals surface area contributed by atoms with Gasteiger partial charge in [0, 0.05) is 25.3 Å². The summed E-state index contributed by atoms with van der Waals surface area (Å²) in [5, 5.41) is 0. The lowest BCUT2D eigenvalue weighted by Gasteiger charge is -2.20. The normalized spacial score (nSPS) is 17.3. The number of amides is 2. The standard InChI is InChI=1S/C14H15NO2/c1-2-11(12-6-4-3-5-7-12)10-15-13(16)8-9-14(15)17/h2-7,11H,1,8-10H2. The van der Waals surface area contributed by atoms with E-state index in [1.807, 2.05) is 30.3 Å². The molecule has 17 heavy (non-hydrogen) atoms. The Balaban J connectivity index is 2.13. The van der Waals surface area contributed by atoms with Gasteiger partial charge in [-0.05, 0) is 5.56 Å². The van der Waals surface area contributed by atoms with Crippen LogP contribution in [0.3, 0.4) is 0 Å². The van der Waals surface area contributed by atoms with Crippen LogP contribution in [0.1, 0.15) is 24.3 Å². The van der Waals surface area contributed by atoms with Crippen LogP contribution in [-0.2, 0) is 9.59 Å². The zero-order valence-corrected chi connectivity index (χ0v) is 9.63. The average molecular weight is 229 g/mol. The number of benzene rings is 1. The molecule has 0 spiro atoms. The molecule has 0 saturated carbocycles. The fourth-order valence-electron chi connectivity index (χ4n) is 2.04. The summed E-state index contributed by atoms with van der Waals surface area (Å²) >= 11 is 0. The van der Waals surface area contributed by atoms with Crippen molar-refractivity contribution in [2.75, 3.05) is 6.54 Å². The van der Waals surface area contributed by atoms with Crippen LogP contribution in [-0.4, -0.2) is 23.3 Å². The van der Waals surface area contributed by atoms with E-state index < -0.39 is 0 Å². The molecular weight excluding hydrogens is 214 g/mol. The van der Waals surface area contributed by atoms with Crippen LogP contribution in [0.4, 0.5) is 0 Å². The van der Waals surface area contributed by atoms with E-state index in [9.17, 15) is 9.59 Å². The molecule has 2 rings (SSSR count). The highest BCUT2D eigenvalue weighted by molar-refractivity contribution is 6.02. The minimum atomic E-state index is -0.0715. The van der Waals surface area contributed by atoms with Gasteiger partial charge in [-0.1, -0.05) is 36.4 Å². The number of imide groups is 1. The first kappa shape index (κ1) is 11.6. The van der Waals surface area contributed by atoms with E-state index in [1.54, 1.807) is 6.08 Å². The molecule has 0 aromatic heterocycles. The number of likely N-dealkylation sites (tertiary alicyclic amines) is 1. The Bertz CT molecular complexity index is 423. The zero-order valence-electron chi connectivity index (χ0n) is 9.63. The zero-order chi connectivity index (χ0) is 12.3. The van der Waals surface area contributed by atoms with E-state index in [0.29, 0.717) is 19.4 Å². The molecule has 1 unspecified atom stereocenters. The highest BCUT2D eigenvalue weighted by atomic mass is 16.2. The maximum atomic E-state index is 11.5. The molecule has 0 bridgehead atoms. The molecule has 1 aliphatic heterocycles. The molecule has 1 saturated heterocycles. The summed E-state index contributed by atoms with van der Waals surface area (Å²) in [7, 11) is 0. The quantitative estimate of drug-likeness (QED) is 0.585. The first-order valence-electron chi connectivity index (χ1n) is 5.73. The molecule has 1 aliphatic rings.